The third-order valence-corrected chi connectivity index (χ3v) is 3.57. The van der Waals surface area contributed by atoms with Crippen molar-refractivity contribution in [3.8, 4) is 0 Å². The molecule has 2 unspecified atom stereocenters. The van der Waals surface area contributed by atoms with E-state index in [1.165, 1.54) is 12.8 Å². The zero-order valence-corrected chi connectivity index (χ0v) is 11.9. The van der Waals surface area contributed by atoms with Crippen molar-refractivity contribution >= 4 is 0 Å². The van der Waals surface area contributed by atoms with Gasteiger partial charge in [0.1, 0.15) is 0 Å². The fourth-order valence-corrected chi connectivity index (χ4v) is 2.90. The zero-order chi connectivity index (χ0) is 13.0. The molecule has 1 aromatic rings. The van der Waals surface area contributed by atoms with E-state index in [1.54, 1.807) is 0 Å². The third kappa shape index (κ3) is 3.80. The Balaban J connectivity index is 1.86. The Morgan fingerprint density at radius 1 is 1.28 bits per heavy atom. The Labute approximate surface area is 110 Å². The van der Waals surface area contributed by atoms with Gasteiger partial charge in [-0.1, -0.05) is 32.3 Å². The van der Waals surface area contributed by atoms with Crippen LogP contribution in [0.1, 0.15) is 51.7 Å². The van der Waals surface area contributed by atoms with Crippen molar-refractivity contribution in [2.75, 3.05) is 13.1 Å². The minimum Gasteiger partial charge on any atom is -0.338 e. The quantitative estimate of drug-likeness (QED) is 0.807. The van der Waals surface area contributed by atoms with Crippen LogP contribution < -0.4 is 0 Å². The van der Waals surface area contributed by atoms with E-state index in [2.05, 4.69) is 35.8 Å². The number of aromatic nitrogens is 2. The summed E-state index contributed by atoms with van der Waals surface area (Å²) < 4.78 is 5.33. The van der Waals surface area contributed by atoms with Crippen LogP contribution in [0.15, 0.2) is 4.52 Å². The molecule has 2 heterocycles. The molecule has 4 heteroatoms. The fourth-order valence-electron chi connectivity index (χ4n) is 2.90. The normalized spacial score (nSPS) is 25.5. The minimum absolute atomic E-state index is 0.774. The second-order valence-electron chi connectivity index (χ2n) is 5.85. The van der Waals surface area contributed by atoms with Crippen LogP contribution in [0.4, 0.5) is 0 Å². The maximum Gasteiger partial charge on any atom is 0.240 e. The molecule has 0 aromatic carbocycles. The fraction of sp³-hybridized carbons (Fsp3) is 0.857. The van der Waals surface area contributed by atoms with E-state index in [-0.39, 0.29) is 0 Å². The lowest BCUT2D eigenvalue weighted by Crippen LogP contribution is -2.38. The molecule has 4 nitrogen and oxygen atoms in total. The zero-order valence-electron chi connectivity index (χ0n) is 11.9. The smallest absolute Gasteiger partial charge is 0.240 e. The van der Waals surface area contributed by atoms with Gasteiger partial charge in [0.15, 0.2) is 5.82 Å². The number of aryl methyl sites for hydroxylation is 1. The van der Waals surface area contributed by atoms with E-state index in [1.807, 2.05) is 0 Å². The SMILES string of the molecule is CCCCc1noc(CN2CC(C)CC(C)C2)n1. The van der Waals surface area contributed by atoms with Gasteiger partial charge in [0, 0.05) is 19.5 Å². The molecule has 0 N–H and O–H groups in total. The molecule has 1 aromatic heterocycles. The molecular formula is C14H25N3O. The highest BCUT2D eigenvalue weighted by Crippen LogP contribution is 2.22. The predicted molar refractivity (Wildman–Crippen MR) is 71.1 cm³/mol. The van der Waals surface area contributed by atoms with Crippen molar-refractivity contribution in [1.29, 1.82) is 0 Å². The van der Waals surface area contributed by atoms with Gasteiger partial charge in [0.05, 0.1) is 6.54 Å². The summed E-state index contributed by atoms with van der Waals surface area (Å²) in [6, 6.07) is 0. The first kappa shape index (κ1) is 13.5. The molecule has 2 atom stereocenters. The predicted octanol–water partition coefficient (Wildman–Crippen LogP) is 2.89. The number of unbranched alkanes of at least 4 members (excludes halogenated alkanes) is 1. The molecule has 0 spiro atoms. The lowest BCUT2D eigenvalue weighted by molar-refractivity contribution is 0.121. The van der Waals surface area contributed by atoms with Gasteiger partial charge in [-0.2, -0.15) is 4.98 Å². The Morgan fingerprint density at radius 2 is 2.00 bits per heavy atom. The Bertz CT molecular complexity index is 354. The van der Waals surface area contributed by atoms with Crippen LogP contribution in [0, 0.1) is 11.8 Å². The molecule has 102 valence electrons. The van der Waals surface area contributed by atoms with Crippen molar-refractivity contribution in [2.24, 2.45) is 11.8 Å². The van der Waals surface area contributed by atoms with Gasteiger partial charge < -0.3 is 4.52 Å². The van der Waals surface area contributed by atoms with Crippen molar-refractivity contribution in [3.05, 3.63) is 11.7 Å². The second kappa shape index (κ2) is 6.32. The molecule has 0 amide bonds. The first-order chi connectivity index (χ1) is 8.67. The summed E-state index contributed by atoms with van der Waals surface area (Å²) in [4.78, 5) is 6.91. The van der Waals surface area contributed by atoms with E-state index in [0.717, 1.165) is 56.0 Å². The summed E-state index contributed by atoms with van der Waals surface area (Å²) in [6.45, 7) is 9.94. The lowest BCUT2D eigenvalue weighted by atomic mass is 9.92. The number of rotatable bonds is 5. The molecule has 2 rings (SSSR count). The number of piperidine rings is 1. The average molecular weight is 251 g/mol. The minimum atomic E-state index is 0.774. The van der Waals surface area contributed by atoms with Crippen LogP contribution in [0.2, 0.25) is 0 Å². The Hall–Kier alpha value is -0.900. The molecule has 0 bridgehead atoms. The number of nitrogens with zero attached hydrogens (tertiary/aromatic N) is 3. The van der Waals surface area contributed by atoms with Crippen LogP contribution in [0.25, 0.3) is 0 Å². The first-order valence-corrected chi connectivity index (χ1v) is 7.21. The largest absolute Gasteiger partial charge is 0.338 e. The van der Waals surface area contributed by atoms with Crippen LogP contribution in [-0.4, -0.2) is 28.1 Å². The molecule has 18 heavy (non-hydrogen) atoms. The highest BCUT2D eigenvalue weighted by atomic mass is 16.5. The van der Waals surface area contributed by atoms with Gasteiger partial charge in [-0.25, -0.2) is 0 Å². The van der Waals surface area contributed by atoms with E-state index >= 15 is 0 Å². The molecule has 0 saturated carbocycles. The standard InChI is InChI=1S/C14H25N3O/c1-4-5-6-13-15-14(18-16-13)10-17-8-11(2)7-12(3)9-17/h11-12H,4-10H2,1-3H3. The van der Waals surface area contributed by atoms with Gasteiger partial charge in [-0.05, 0) is 24.7 Å². The monoisotopic (exact) mass is 251 g/mol. The summed E-state index contributed by atoms with van der Waals surface area (Å²) in [5.74, 6) is 3.19. The molecular weight excluding hydrogens is 226 g/mol. The van der Waals surface area contributed by atoms with Gasteiger partial charge >= 0.3 is 0 Å². The van der Waals surface area contributed by atoms with Gasteiger partial charge in [0.2, 0.25) is 5.89 Å². The van der Waals surface area contributed by atoms with Crippen molar-refractivity contribution in [1.82, 2.24) is 15.0 Å². The summed E-state index contributed by atoms with van der Waals surface area (Å²) in [5, 5.41) is 4.04. The number of hydrogen-bond donors (Lipinski definition) is 0. The average Bonchev–Trinajstić information content (AvgIpc) is 2.72. The van der Waals surface area contributed by atoms with Gasteiger partial charge in [0.25, 0.3) is 0 Å². The van der Waals surface area contributed by atoms with E-state index in [4.69, 9.17) is 4.52 Å². The highest BCUT2D eigenvalue weighted by molar-refractivity contribution is 4.88. The van der Waals surface area contributed by atoms with Crippen molar-refractivity contribution < 1.29 is 4.52 Å². The van der Waals surface area contributed by atoms with E-state index in [0.29, 0.717) is 0 Å². The van der Waals surface area contributed by atoms with Crippen molar-refractivity contribution in [3.63, 3.8) is 0 Å². The van der Waals surface area contributed by atoms with Crippen LogP contribution >= 0.6 is 0 Å². The molecule has 1 fully saturated rings. The molecule has 1 saturated heterocycles. The summed E-state index contributed by atoms with van der Waals surface area (Å²) in [6.07, 6.45) is 4.58. The lowest BCUT2D eigenvalue weighted by Gasteiger charge is -2.33. The highest BCUT2D eigenvalue weighted by Gasteiger charge is 2.23. The van der Waals surface area contributed by atoms with Crippen LogP contribution in [-0.2, 0) is 13.0 Å². The summed E-state index contributed by atoms with van der Waals surface area (Å²) in [5.41, 5.74) is 0. The maximum absolute atomic E-state index is 5.33. The third-order valence-electron chi connectivity index (χ3n) is 3.57. The van der Waals surface area contributed by atoms with Crippen LogP contribution in [0.3, 0.4) is 0 Å². The number of likely N-dealkylation sites (tertiary alicyclic amines) is 1. The van der Waals surface area contributed by atoms with Gasteiger partial charge in [-0.3, -0.25) is 4.90 Å². The molecule has 1 aliphatic rings. The summed E-state index contributed by atoms with van der Waals surface area (Å²) in [7, 11) is 0. The number of hydrogen-bond acceptors (Lipinski definition) is 4. The Morgan fingerprint density at radius 3 is 2.67 bits per heavy atom. The Kier molecular flexibility index (Phi) is 4.75. The first-order valence-electron chi connectivity index (χ1n) is 7.21. The topological polar surface area (TPSA) is 42.2 Å². The molecule has 0 radical (unpaired) electrons. The van der Waals surface area contributed by atoms with Crippen LogP contribution in [0.5, 0.6) is 0 Å². The maximum atomic E-state index is 5.33. The van der Waals surface area contributed by atoms with Crippen molar-refractivity contribution in [2.45, 2.75) is 53.0 Å². The molecule has 1 aliphatic heterocycles. The van der Waals surface area contributed by atoms with E-state index in [9.17, 15) is 0 Å². The molecule has 0 aliphatic carbocycles. The summed E-state index contributed by atoms with van der Waals surface area (Å²) >= 11 is 0. The second-order valence-corrected chi connectivity index (χ2v) is 5.85. The van der Waals surface area contributed by atoms with E-state index < -0.39 is 0 Å². The van der Waals surface area contributed by atoms with Gasteiger partial charge in [-0.15, -0.1) is 0 Å².